The number of hydrogen-bond donors (Lipinski definition) is 1. The van der Waals surface area contributed by atoms with Crippen LogP contribution in [0.4, 0.5) is 4.39 Å². The van der Waals surface area contributed by atoms with Crippen molar-refractivity contribution >= 4 is 21.4 Å². The van der Waals surface area contributed by atoms with Gasteiger partial charge >= 0.3 is 0 Å². The molecule has 2 aromatic rings. The van der Waals surface area contributed by atoms with Gasteiger partial charge in [0.15, 0.2) is 0 Å². The van der Waals surface area contributed by atoms with Gasteiger partial charge in [0.2, 0.25) is 0 Å². The zero-order chi connectivity index (χ0) is 12.5. The molecule has 3 heteroatoms. The van der Waals surface area contributed by atoms with Gasteiger partial charge in [0, 0.05) is 15.6 Å². The fourth-order valence-corrected chi connectivity index (χ4v) is 3.81. The molecular formula is C15H18FNS. The molecule has 1 aliphatic rings. The predicted molar refractivity (Wildman–Crippen MR) is 75.5 cm³/mol. The maximum absolute atomic E-state index is 13.2. The van der Waals surface area contributed by atoms with E-state index in [0.29, 0.717) is 6.04 Å². The standard InChI is InChI=1S/C15H18FNS/c1-17-13(7-10-3-2-4-10)15-9-11-8-12(16)5-6-14(11)18-15/h5-6,8-10,13,17H,2-4,7H2,1H3. The van der Waals surface area contributed by atoms with Crippen molar-refractivity contribution in [1.29, 1.82) is 0 Å². The first-order valence-electron chi connectivity index (χ1n) is 6.62. The molecule has 1 aromatic heterocycles. The van der Waals surface area contributed by atoms with E-state index in [-0.39, 0.29) is 5.82 Å². The minimum atomic E-state index is -0.146. The minimum absolute atomic E-state index is 0.146. The van der Waals surface area contributed by atoms with Crippen LogP contribution in [-0.4, -0.2) is 7.05 Å². The minimum Gasteiger partial charge on any atom is -0.312 e. The molecule has 1 saturated carbocycles. The van der Waals surface area contributed by atoms with Crippen molar-refractivity contribution in [3.63, 3.8) is 0 Å². The molecule has 1 heterocycles. The fraction of sp³-hybridized carbons (Fsp3) is 0.467. The molecule has 0 spiro atoms. The average Bonchev–Trinajstić information content (AvgIpc) is 2.70. The Morgan fingerprint density at radius 1 is 1.39 bits per heavy atom. The average molecular weight is 263 g/mol. The summed E-state index contributed by atoms with van der Waals surface area (Å²) in [5, 5.41) is 4.44. The van der Waals surface area contributed by atoms with Crippen molar-refractivity contribution in [3.05, 3.63) is 35.0 Å². The van der Waals surface area contributed by atoms with Gasteiger partial charge in [-0.05, 0) is 49.0 Å². The summed E-state index contributed by atoms with van der Waals surface area (Å²) >= 11 is 1.79. The molecule has 96 valence electrons. The van der Waals surface area contributed by atoms with Gasteiger partial charge in [-0.1, -0.05) is 19.3 Å². The Bertz CT molecular complexity index is 544. The Hall–Kier alpha value is -0.930. The number of rotatable bonds is 4. The second-order valence-electron chi connectivity index (χ2n) is 5.20. The topological polar surface area (TPSA) is 12.0 Å². The summed E-state index contributed by atoms with van der Waals surface area (Å²) in [6.07, 6.45) is 5.35. The van der Waals surface area contributed by atoms with Crippen molar-refractivity contribution in [2.45, 2.75) is 31.7 Å². The summed E-state index contributed by atoms with van der Waals surface area (Å²) in [5.41, 5.74) is 0. The molecule has 3 rings (SSSR count). The number of halogens is 1. The Balaban J connectivity index is 1.86. The van der Waals surface area contributed by atoms with Crippen molar-refractivity contribution in [2.24, 2.45) is 5.92 Å². The molecule has 0 bridgehead atoms. The van der Waals surface area contributed by atoms with Gasteiger partial charge < -0.3 is 5.32 Å². The lowest BCUT2D eigenvalue weighted by Crippen LogP contribution is -2.22. The van der Waals surface area contributed by atoms with E-state index in [1.807, 2.05) is 13.1 Å². The van der Waals surface area contributed by atoms with Gasteiger partial charge in [0.25, 0.3) is 0 Å². The first-order chi connectivity index (χ1) is 8.76. The lowest BCUT2D eigenvalue weighted by molar-refractivity contribution is 0.267. The van der Waals surface area contributed by atoms with Crippen LogP contribution in [0.1, 0.15) is 36.6 Å². The molecule has 1 aliphatic carbocycles. The Kier molecular flexibility index (Phi) is 3.35. The van der Waals surface area contributed by atoms with Gasteiger partial charge in [-0.3, -0.25) is 0 Å². The Morgan fingerprint density at radius 3 is 2.89 bits per heavy atom. The third kappa shape index (κ3) is 2.29. The van der Waals surface area contributed by atoms with E-state index in [1.165, 1.54) is 35.3 Å². The summed E-state index contributed by atoms with van der Waals surface area (Å²) in [6.45, 7) is 0. The molecule has 1 fully saturated rings. The lowest BCUT2D eigenvalue weighted by atomic mass is 9.80. The molecular weight excluding hydrogens is 245 g/mol. The second-order valence-corrected chi connectivity index (χ2v) is 6.32. The summed E-state index contributed by atoms with van der Waals surface area (Å²) in [7, 11) is 2.02. The fourth-order valence-electron chi connectivity index (χ4n) is 2.64. The number of hydrogen-bond acceptors (Lipinski definition) is 2. The van der Waals surface area contributed by atoms with Gasteiger partial charge in [-0.15, -0.1) is 11.3 Å². The third-order valence-electron chi connectivity index (χ3n) is 3.98. The first-order valence-corrected chi connectivity index (χ1v) is 7.44. The monoisotopic (exact) mass is 263 g/mol. The normalized spacial score (nSPS) is 17.9. The molecule has 1 atom stereocenters. The van der Waals surface area contributed by atoms with Crippen LogP contribution in [0.25, 0.3) is 10.1 Å². The summed E-state index contributed by atoms with van der Waals surface area (Å²) in [5.74, 6) is 0.733. The van der Waals surface area contributed by atoms with Crippen LogP contribution in [-0.2, 0) is 0 Å². The van der Waals surface area contributed by atoms with Gasteiger partial charge in [0.05, 0.1) is 0 Å². The maximum atomic E-state index is 13.2. The zero-order valence-corrected chi connectivity index (χ0v) is 11.4. The summed E-state index contributed by atoms with van der Waals surface area (Å²) in [4.78, 5) is 1.34. The molecule has 1 N–H and O–H groups in total. The van der Waals surface area contributed by atoms with Crippen molar-refractivity contribution in [1.82, 2.24) is 5.32 Å². The number of nitrogens with one attached hydrogen (secondary N) is 1. The highest BCUT2D eigenvalue weighted by atomic mass is 32.1. The number of thiophene rings is 1. The quantitative estimate of drug-likeness (QED) is 0.857. The zero-order valence-electron chi connectivity index (χ0n) is 10.6. The van der Waals surface area contributed by atoms with E-state index in [9.17, 15) is 4.39 Å². The molecule has 0 aliphatic heterocycles. The van der Waals surface area contributed by atoms with E-state index >= 15 is 0 Å². The van der Waals surface area contributed by atoms with E-state index in [4.69, 9.17) is 0 Å². The van der Waals surface area contributed by atoms with E-state index in [0.717, 1.165) is 11.3 Å². The number of fused-ring (bicyclic) bond motifs is 1. The maximum Gasteiger partial charge on any atom is 0.123 e. The molecule has 18 heavy (non-hydrogen) atoms. The molecule has 0 amide bonds. The van der Waals surface area contributed by atoms with E-state index in [1.54, 1.807) is 23.5 Å². The first kappa shape index (κ1) is 12.1. The highest BCUT2D eigenvalue weighted by Gasteiger charge is 2.23. The van der Waals surface area contributed by atoms with E-state index in [2.05, 4.69) is 11.4 Å². The van der Waals surface area contributed by atoms with Crippen LogP contribution in [0, 0.1) is 11.7 Å². The van der Waals surface area contributed by atoms with Crippen molar-refractivity contribution < 1.29 is 4.39 Å². The highest BCUT2D eigenvalue weighted by molar-refractivity contribution is 7.19. The van der Waals surface area contributed by atoms with Crippen LogP contribution < -0.4 is 5.32 Å². The summed E-state index contributed by atoms with van der Waals surface area (Å²) < 4.78 is 14.4. The summed E-state index contributed by atoms with van der Waals surface area (Å²) in [6, 6.07) is 7.63. The second kappa shape index (κ2) is 4.98. The van der Waals surface area contributed by atoms with E-state index < -0.39 is 0 Å². The van der Waals surface area contributed by atoms with Gasteiger partial charge in [0.1, 0.15) is 5.82 Å². The van der Waals surface area contributed by atoms with Crippen molar-refractivity contribution in [2.75, 3.05) is 7.05 Å². The smallest absolute Gasteiger partial charge is 0.123 e. The van der Waals surface area contributed by atoms with Crippen molar-refractivity contribution in [3.8, 4) is 0 Å². The van der Waals surface area contributed by atoms with Crippen LogP contribution in [0.15, 0.2) is 24.3 Å². The van der Waals surface area contributed by atoms with Crippen LogP contribution in [0.2, 0.25) is 0 Å². The lowest BCUT2D eigenvalue weighted by Gasteiger charge is -2.29. The molecule has 0 radical (unpaired) electrons. The Labute approximate surface area is 111 Å². The Morgan fingerprint density at radius 2 is 2.22 bits per heavy atom. The van der Waals surface area contributed by atoms with Crippen LogP contribution >= 0.6 is 11.3 Å². The van der Waals surface area contributed by atoms with Gasteiger partial charge in [-0.2, -0.15) is 0 Å². The molecule has 1 unspecified atom stereocenters. The predicted octanol–water partition coefficient (Wildman–Crippen LogP) is 4.49. The number of benzene rings is 1. The van der Waals surface area contributed by atoms with Gasteiger partial charge in [-0.25, -0.2) is 4.39 Å². The largest absolute Gasteiger partial charge is 0.312 e. The van der Waals surface area contributed by atoms with Crippen LogP contribution in [0.5, 0.6) is 0 Å². The SMILES string of the molecule is CNC(CC1CCC1)c1cc2cc(F)ccc2s1. The third-order valence-corrected chi connectivity index (χ3v) is 5.21. The van der Waals surface area contributed by atoms with Crippen LogP contribution in [0.3, 0.4) is 0 Å². The molecule has 1 nitrogen and oxygen atoms in total. The molecule has 1 aromatic carbocycles. The highest BCUT2D eigenvalue weighted by Crippen LogP contribution is 2.38. The molecule has 0 saturated heterocycles.